The molecule has 5 heteroatoms. The molecule has 0 unspecified atom stereocenters. The van der Waals surface area contributed by atoms with Crippen molar-refractivity contribution in [3.63, 3.8) is 0 Å². The van der Waals surface area contributed by atoms with Crippen molar-refractivity contribution in [2.45, 2.75) is 31.9 Å². The van der Waals surface area contributed by atoms with E-state index in [1.165, 1.54) is 0 Å². The van der Waals surface area contributed by atoms with Crippen molar-refractivity contribution in [1.29, 1.82) is 0 Å². The van der Waals surface area contributed by atoms with Gasteiger partial charge in [-0.2, -0.15) is 0 Å². The lowest BCUT2D eigenvalue weighted by Gasteiger charge is -2.25. The number of benzene rings is 2. The largest absolute Gasteiger partial charge is 0.390 e. The topological polar surface area (TPSA) is 41.9 Å². The number of carbonyl (C=O) groups is 1. The fourth-order valence-corrected chi connectivity index (χ4v) is 3.50. The number of halogens is 1. The predicted molar refractivity (Wildman–Crippen MR) is 102 cm³/mol. The molecule has 1 heterocycles. The van der Waals surface area contributed by atoms with Crippen LogP contribution in [0.5, 0.6) is 0 Å². The molecule has 2 aliphatic rings. The van der Waals surface area contributed by atoms with Crippen molar-refractivity contribution < 1.29 is 9.63 Å². The highest BCUT2D eigenvalue weighted by Crippen LogP contribution is 2.32. The summed E-state index contributed by atoms with van der Waals surface area (Å²) < 4.78 is 0. The van der Waals surface area contributed by atoms with E-state index in [0.29, 0.717) is 24.5 Å². The lowest BCUT2D eigenvalue weighted by Crippen LogP contribution is -2.38. The molecule has 0 bridgehead atoms. The molecule has 0 saturated heterocycles. The van der Waals surface area contributed by atoms with Crippen LogP contribution in [0, 0.1) is 5.92 Å². The van der Waals surface area contributed by atoms with Crippen LogP contribution in [-0.4, -0.2) is 29.2 Å². The first-order chi connectivity index (χ1) is 12.7. The van der Waals surface area contributed by atoms with Crippen LogP contribution in [0.1, 0.15) is 30.4 Å². The van der Waals surface area contributed by atoms with Crippen molar-refractivity contribution in [1.82, 2.24) is 4.90 Å². The van der Waals surface area contributed by atoms with Crippen molar-refractivity contribution in [2.24, 2.45) is 11.1 Å². The van der Waals surface area contributed by atoms with Gasteiger partial charge in [0.2, 0.25) is 5.91 Å². The molecule has 1 aliphatic heterocycles. The summed E-state index contributed by atoms with van der Waals surface area (Å²) in [5, 5.41) is 4.89. The zero-order valence-corrected chi connectivity index (χ0v) is 15.2. The molecule has 1 saturated carbocycles. The van der Waals surface area contributed by atoms with E-state index >= 15 is 0 Å². The number of amides is 1. The van der Waals surface area contributed by atoms with Crippen molar-refractivity contribution in [2.75, 3.05) is 6.54 Å². The minimum absolute atomic E-state index is 0.132. The van der Waals surface area contributed by atoms with Crippen molar-refractivity contribution in [3.05, 3.63) is 70.7 Å². The van der Waals surface area contributed by atoms with Gasteiger partial charge in [0.1, 0.15) is 0 Å². The first-order valence-electron chi connectivity index (χ1n) is 9.01. The molecule has 1 fully saturated rings. The van der Waals surface area contributed by atoms with E-state index in [0.717, 1.165) is 29.7 Å². The SMILES string of the molecule is O=C(C1CC1)N(Cc1ccccc1)C[C@H]1CC(c2ccccc2Cl)=NO1. The van der Waals surface area contributed by atoms with Crippen LogP contribution in [0.4, 0.5) is 0 Å². The van der Waals surface area contributed by atoms with Crippen LogP contribution in [-0.2, 0) is 16.2 Å². The molecule has 1 amide bonds. The Bertz CT molecular complexity index is 818. The Morgan fingerprint density at radius 1 is 1.12 bits per heavy atom. The van der Waals surface area contributed by atoms with Gasteiger partial charge in [-0.05, 0) is 24.5 Å². The van der Waals surface area contributed by atoms with E-state index in [1.54, 1.807) is 0 Å². The van der Waals surface area contributed by atoms with Gasteiger partial charge in [0.05, 0.1) is 12.3 Å². The van der Waals surface area contributed by atoms with Crippen LogP contribution in [0.15, 0.2) is 59.8 Å². The van der Waals surface area contributed by atoms with Crippen LogP contribution in [0.2, 0.25) is 5.02 Å². The second-order valence-corrected chi connectivity index (χ2v) is 7.34. The van der Waals surface area contributed by atoms with Gasteiger partial charge >= 0.3 is 0 Å². The quantitative estimate of drug-likeness (QED) is 0.764. The molecule has 0 spiro atoms. The number of hydrogen-bond acceptors (Lipinski definition) is 3. The summed E-state index contributed by atoms with van der Waals surface area (Å²) >= 11 is 6.26. The maximum atomic E-state index is 12.7. The Kier molecular flexibility index (Phi) is 4.93. The number of hydrogen-bond donors (Lipinski definition) is 0. The van der Waals surface area contributed by atoms with Crippen LogP contribution < -0.4 is 0 Å². The lowest BCUT2D eigenvalue weighted by molar-refractivity contribution is -0.135. The van der Waals surface area contributed by atoms with E-state index in [-0.39, 0.29) is 17.9 Å². The molecule has 0 aromatic heterocycles. The molecule has 1 aliphatic carbocycles. The standard InChI is InChI=1S/C21H21ClN2O2/c22-19-9-5-4-8-18(19)20-12-17(26-23-20)14-24(21(25)16-10-11-16)13-15-6-2-1-3-7-15/h1-9,16-17H,10-14H2/t17-/m1/s1. The second kappa shape index (κ2) is 7.50. The third-order valence-corrected chi connectivity index (χ3v) is 5.13. The van der Waals surface area contributed by atoms with Gasteiger partial charge in [0, 0.05) is 29.5 Å². The number of rotatable bonds is 6. The first kappa shape index (κ1) is 17.1. The van der Waals surface area contributed by atoms with E-state index in [2.05, 4.69) is 5.16 Å². The molecule has 2 aromatic carbocycles. The fraction of sp³-hybridized carbons (Fsp3) is 0.333. The molecular formula is C21H21ClN2O2. The van der Waals surface area contributed by atoms with Gasteiger partial charge in [-0.15, -0.1) is 0 Å². The third kappa shape index (κ3) is 3.91. The van der Waals surface area contributed by atoms with Gasteiger partial charge in [-0.3, -0.25) is 4.79 Å². The maximum Gasteiger partial charge on any atom is 0.226 e. The summed E-state index contributed by atoms with van der Waals surface area (Å²) in [6.07, 6.45) is 2.52. The van der Waals surface area contributed by atoms with Gasteiger partial charge in [0.25, 0.3) is 0 Å². The van der Waals surface area contributed by atoms with Crippen molar-refractivity contribution in [3.8, 4) is 0 Å². The Balaban J connectivity index is 1.43. The van der Waals surface area contributed by atoms with Gasteiger partial charge in [-0.1, -0.05) is 65.3 Å². The number of oxime groups is 1. The zero-order chi connectivity index (χ0) is 17.9. The molecule has 1 atom stereocenters. The zero-order valence-electron chi connectivity index (χ0n) is 14.5. The molecule has 4 nitrogen and oxygen atoms in total. The van der Waals surface area contributed by atoms with Gasteiger partial charge in [-0.25, -0.2) is 0 Å². The minimum atomic E-state index is -0.132. The molecule has 2 aromatic rings. The smallest absolute Gasteiger partial charge is 0.226 e. The summed E-state index contributed by atoms with van der Waals surface area (Å²) in [5.74, 6) is 0.410. The Hall–Kier alpha value is -2.33. The number of nitrogens with zero attached hydrogens (tertiary/aromatic N) is 2. The van der Waals surface area contributed by atoms with E-state index in [1.807, 2.05) is 59.5 Å². The van der Waals surface area contributed by atoms with E-state index in [4.69, 9.17) is 16.4 Å². The summed E-state index contributed by atoms with van der Waals surface area (Å²) in [4.78, 5) is 20.3. The summed E-state index contributed by atoms with van der Waals surface area (Å²) in [6.45, 7) is 1.15. The molecule has 26 heavy (non-hydrogen) atoms. The van der Waals surface area contributed by atoms with Crippen LogP contribution in [0.25, 0.3) is 0 Å². The third-order valence-electron chi connectivity index (χ3n) is 4.80. The minimum Gasteiger partial charge on any atom is -0.390 e. The van der Waals surface area contributed by atoms with E-state index in [9.17, 15) is 4.79 Å². The lowest BCUT2D eigenvalue weighted by atomic mass is 10.0. The van der Waals surface area contributed by atoms with Crippen LogP contribution >= 0.6 is 11.6 Å². The van der Waals surface area contributed by atoms with Crippen LogP contribution in [0.3, 0.4) is 0 Å². The summed E-state index contributed by atoms with van der Waals surface area (Å²) in [5.41, 5.74) is 2.88. The molecule has 4 rings (SSSR count). The highest BCUT2D eigenvalue weighted by molar-refractivity contribution is 6.34. The average molecular weight is 369 g/mol. The first-order valence-corrected chi connectivity index (χ1v) is 9.39. The number of carbonyl (C=O) groups excluding carboxylic acids is 1. The highest BCUT2D eigenvalue weighted by atomic mass is 35.5. The summed E-state index contributed by atoms with van der Waals surface area (Å²) in [6, 6.07) is 17.7. The molecule has 0 radical (unpaired) electrons. The predicted octanol–water partition coefficient (Wildman–Crippen LogP) is 4.27. The summed E-state index contributed by atoms with van der Waals surface area (Å²) in [7, 11) is 0. The molecule has 134 valence electrons. The Labute approximate surface area is 158 Å². The maximum absolute atomic E-state index is 12.7. The Morgan fingerprint density at radius 3 is 2.58 bits per heavy atom. The average Bonchev–Trinajstić information content (AvgIpc) is 3.41. The van der Waals surface area contributed by atoms with Gasteiger partial charge in [0.15, 0.2) is 6.10 Å². The molecular weight excluding hydrogens is 348 g/mol. The highest BCUT2D eigenvalue weighted by Gasteiger charge is 2.35. The fourth-order valence-electron chi connectivity index (χ4n) is 3.25. The normalized spacial score (nSPS) is 19.0. The monoisotopic (exact) mass is 368 g/mol. The van der Waals surface area contributed by atoms with Gasteiger partial charge < -0.3 is 9.74 Å². The second-order valence-electron chi connectivity index (χ2n) is 6.93. The van der Waals surface area contributed by atoms with Crippen molar-refractivity contribution >= 4 is 23.2 Å². The Morgan fingerprint density at radius 2 is 1.85 bits per heavy atom. The molecule has 0 N–H and O–H groups in total. The van der Waals surface area contributed by atoms with E-state index < -0.39 is 0 Å².